The second-order valence-electron chi connectivity index (χ2n) is 6.17. The molecular formula is C14H25N3. The molecule has 17 heavy (non-hydrogen) atoms. The van der Waals surface area contributed by atoms with Gasteiger partial charge < -0.3 is 5.73 Å². The summed E-state index contributed by atoms with van der Waals surface area (Å²) in [6, 6.07) is 2.21. The van der Waals surface area contributed by atoms with Crippen molar-refractivity contribution in [1.29, 1.82) is 0 Å². The highest BCUT2D eigenvalue weighted by atomic mass is 15.3. The van der Waals surface area contributed by atoms with Crippen molar-refractivity contribution in [1.82, 2.24) is 9.78 Å². The van der Waals surface area contributed by atoms with Gasteiger partial charge in [0.25, 0.3) is 0 Å². The summed E-state index contributed by atoms with van der Waals surface area (Å²) >= 11 is 0. The van der Waals surface area contributed by atoms with Crippen molar-refractivity contribution in [3.63, 3.8) is 0 Å². The molecule has 0 saturated heterocycles. The van der Waals surface area contributed by atoms with Crippen molar-refractivity contribution in [2.75, 3.05) is 0 Å². The van der Waals surface area contributed by atoms with Crippen molar-refractivity contribution < 1.29 is 0 Å². The molecule has 0 radical (unpaired) electrons. The molecule has 3 nitrogen and oxygen atoms in total. The zero-order valence-corrected chi connectivity index (χ0v) is 11.6. The molecule has 0 aliphatic heterocycles. The third kappa shape index (κ3) is 2.13. The van der Waals surface area contributed by atoms with Crippen LogP contribution in [0.1, 0.15) is 51.4 Å². The summed E-state index contributed by atoms with van der Waals surface area (Å²) in [7, 11) is 2.03. The first-order chi connectivity index (χ1) is 7.88. The topological polar surface area (TPSA) is 43.8 Å². The summed E-state index contributed by atoms with van der Waals surface area (Å²) in [6.45, 7) is 6.75. The van der Waals surface area contributed by atoms with Crippen LogP contribution in [0.4, 0.5) is 0 Å². The predicted molar refractivity (Wildman–Crippen MR) is 70.8 cm³/mol. The fourth-order valence-electron chi connectivity index (χ4n) is 2.99. The summed E-state index contributed by atoms with van der Waals surface area (Å²) in [6.07, 6.45) is 5.56. The molecule has 2 rings (SSSR count). The van der Waals surface area contributed by atoms with Crippen molar-refractivity contribution in [3.8, 4) is 0 Å². The smallest absolute Gasteiger partial charge is 0.0624 e. The van der Waals surface area contributed by atoms with E-state index < -0.39 is 0 Å². The van der Waals surface area contributed by atoms with Crippen LogP contribution >= 0.6 is 0 Å². The van der Waals surface area contributed by atoms with Crippen LogP contribution in [0.5, 0.6) is 0 Å². The molecule has 1 unspecified atom stereocenters. The van der Waals surface area contributed by atoms with Gasteiger partial charge in [0.05, 0.1) is 5.69 Å². The standard InChI is InChI=1S/C14H25N3/c1-5-11-9-12(17(4)16-11)10-14(15)8-6-7-13(14,2)3/h9H,5-8,10,15H2,1-4H3. The fourth-order valence-corrected chi connectivity index (χ4v) is 2.99. The highest BCUT2D eigenvalue weighted by molar-refractivity contribution is 5.17. The maximum Gasteiger partial charge on any atom is 0.0624 e. The number of hydrogen-bond donors (Lipinski definition) is 1. The fraction of sp³-hybridized carbons (Fsp3) is 0.786. The Kier molecular flexibility index (Phi) is 3.06. The van der Waals surface area contributed by atoms with Crippen LogP contribution in [0.25, 0.3) is 0 Å². The molecule has 1 fully saturated rings. The number of nitrogens with two attached hydrogens (primary N) is 1. The van der Waals surface area contributed by atoms with E-state index in [9.17, 15) is 0 Å². The van der Waals surface area contributed by atoms with Gasteiger partial charge in [-0.3, -0.25) is 4.68 Å². The third-order valence-electron chi connectivity index (χ3n) is 4.66. The predicted octanol–water partition coefficient (Wildman–Crippen LogP) is 2.43. The van der Waals surface area contributed by atoms with Crippen molar-refractivity contribution in [2.24, 2.45) is 18.2 Å². The molecule has 1 aromatic heterocycles. The van der Waals surface area contributed by atoms with Crippen LogP contribution in [0.15, 0.2) is 6.07 Å². The van der Waals surface area contributed by atoms with E-state index >= 15 is 0 Å². The van der Waals surface area contributed by atoms with Gasteiger partial charge in [0, 0.05) is 24.7 Å². The highest BCUT2D eigenvalue weighted by Gasteiger charge is 2.45. The molecule has 1 heterocycles. The molecule has 1 saturated carbocycles. The summed E-state index contributed by atoms with van der Waals surface area (Å²) < 4.78 is 2.00. The second-order valence-corrected chi connectivity index (χ2v) is 6.17. The minimum absolute atomic E-state index is 0.0637. The van der Waals surface area contributed by atoms with Gasteiger partial charge >= 0.3 is 0 Å². The maximum atomic E-state index is 6.65. The Morgan fingerprint density at radius 3 is 2.59 bits per heavy atom. The molecule has 1 atom stereocenters. The first-order valence-electron chi connectivity index (χ1n) is 6.69. The Morgan fingerprint density at radius 2 is 2.12 bits per heavy atom. The van der Waals surface area contributed by atoms with E-state index in [0.29, 0.717) is 0 Å². The lowest BCUT2D eigenvalue weighted by atomic mass is 9.73. The minimum atomic E-state index is -0.0637. The van der Waals surface area contributed by atoms with Crippen molar-refractivity contribution in [3.05, 3.63) is 17.5 Å². The van der Waals surface area contributed by atoms with Gasteiger partial charge in [-0.25, -0.2) is 0 Å². The van der Waals surface area contributed by atoms with E-state index in [2.05, 4.69) is 31.9 Å². The van der Waals surface area contributed by atoms with E-state index in [1.165, 1.54) is 24.2 Å². The van der Waals surface area contributed by atoms with E-state index in [1.54, 1.807) is 0 Å². The maximum absolute atomic E-state index is 6.65. The zero-order valence-electron chi connectivity index (χ0n) is 11.6. The molecule has 1 aliphatic carbocycles. The summed E-state index contributed by atoms with van der Waals surface area (Å²) in [5.74, 6) is 0. The lowest BCUT2D eigenvalue weighted by molar-refractivity contribution is 0.204. The largest absolute Gasteiger partial charge is 0.324 e. The van der Waals surface area contributed by atoms with Gasteiger partial charge in [-0.2, -0.15) is 5.10 Å². The van der Waals surface area contributed by atoms with Crippen LogP contribution in [-0.4, -0.2) is 15.3 Å². The lowest BCUT2D eigenvalue weighted by Gasteiger charge is -2.38. The molecule has 96 valence electrons. The van der Waals surface area contributed by atoms with Gasteiger partial charge in [0.15, 0.2) is 0 Å². The van der Waals surface area contributed by atoms with Crippen molar-refractivity contribution >= 4 is 0 Å². The Bertz CT molecular complexity index is 406. The van der Waals surface area contributed by atoms with Gasteiger partial charge in [-0.15, -0.1) is 0 Å². The van der Waals surface area contributed by atoms with Crippen LogP contribution in [-0.2, 0) is 19.9 Å². The number of hydrogen-bond acceptors (Lipinski definition) is 2. The van der Waals surface area contributed by atoms with Gasteiger partial charge in [-0.1, -0.05) is 27.2 Å². The normalized spacial score (nSPS) is 27.6. The molecule has 0 bridgehead atoms. The van der Waals surface area contributed by atoms with Crippen LogP contribution in [0.3, 0.4) is 0 Å². The molecule has 1 aromatic rings. The van der Waals surface area contributed by atoms with Crippen LogP contribution in [0, 0.1) is 5.41 Å². The lowest BCUT2D eigenvalue weighted by Crippen LogP contribution is -2.50. The Morgan fingerprint density at radius 1 is 1.41 bits per heavy atom. The average molecular weight is 235 g/mol. The molecule has 1 aliphatic rings. The summed E-state index contributed by atoms with van der Waals surface area (Å²) in [4.78, 5) is 0. The Hall–Kier alpha value is -0.830. The van der Waals surface area contributed by atoms with Gasteiger partial charge in [-0.05, 0) is 30.7 Å². The summed E-state index contributed by atoms with van der Waals surface area (Å²) in [5, 5.41) is 4.51. The molecule has 0 aromatic carbocycles. The van der Waals surface area contributed by atoms with E-state index in [-0.39, 0.29) is 11.0 Å². The zero-order chi connectivity index (χ0) is 12.7. The molecular weight excluding hydrogens is 210 g/mol. The van der Waals surface area contributed by atoms with Crippen LogP contribution in [0.2, 0.25) is 0 Å². The monoisotopic (exact) mass is 235 g/mol. The molecule has 3 heteroatoms. The number of aromatic nitrogens is 2. The number of rotatable bonds is 3. The van der Waals surface area contributed by atoms with E-state index in [1.807, 2.05) is 11.7 Å². The van der Waals surface area contributed by atoms with Gasteiger partial charge in [0.1, 0.15) is 0 Å². The highest BCUT2D eigenvalue weighted by Crippen LogP contribution is 2.45. The first kappa shape index (κ1) is 12.6. The number of aryl methyl sites for hydroxylation is 2. The Balaban J connectivity index is 2.22. The number of nitrogens with zero attached hydrogens (tertiary/aromatic N) is 2. The Labute approximate surface area is 104 Å². The van der Waals surface area contributed by atoms with Gasteiger partial charge in [0.2, 0.25) is 0 Å². The molecule has 2 N–H and O–H groups in total. The minimum Gasteiger partial charge on any atom is -0.324 e. The van der Waals surface area contributed by atoms with Crippen LogP contribution < -0.4 is 5.73 Å². The molecule has 0 amide bonds. The SMILES string of the molecule is CCc1cc(CC2(N)CCCC2(C)C)n(C)n1. The third-order valence-corrected chi connectivity index (χ3v) is 4.66. The first-order valence-corrected chi connectivity index (χ1v) is 6.69. The average Bonchev–Trinajstić information content (AvgIpc) is 2.70. The van der Waals surface area contributed by atoms with E-state index in [4.69, 9.17) is 5.73 Å². The molecule has 0 spiro atoms. The quantitative estimate of drug-likeness (QED) is 0.874. The van der Waals surface area contributed by atoms with E-state index in [0.717, 1.165) is 19.3 Å². The second kappa shape index (κ2) is 4.13. The summed E-state index contributed by atoms with van der Waals surface area (Å²) in [5.41, 5.74) is 9.27. The van der Waals surface area contributed by atoms with Crippen molar-refractivity contribution in [2.45, 2.75) is 58.4 Å².